The van der Waals surface area contributed by atoms with Gasteiger partial charge in [0, 0.05) is 25.7 Å². The van der Waals surface area contributed by atoms with Crippen molar-refractivity contribution in [1.82, 2.24) is 10.2 Å². The molecule has 1 fully saturated rings. The number of benzene rings is 1. The van der Waals surface area contributed by atoms with Crippen LogP contribution in [0.3, 0.4) is 0 Å². The Kier molecular flexibility index (Phi) is 6.03. The normalized spacial score (nSPS) is 24.8. The summed E-state index contributed by atoms with van der Waals surface area (Å²) < 4.78 is 11.3. The van der Waals surface area contributed by atoms with Gasteiger partial charge in [0.15, 0.2) is 0 Å². The zero-order valence-corrected chi connectivity index (χ0v) is 13.6. The second-order valence-electron chi connectivity index (χ2n) is 5.82. The summed E-state index contributed by atoms with van der Waals surface area (Å²) in [5, 5.41) is 3.42. The van der Waals surface area contributed by atoms with Gasteiger partial charge in [0.1, 0.15) is 5.75 Å². The standard InChI is InChI=1S/C17H28N2O2/c1-5-20-16-8-6-15(7-9-16)17(18-4)12-19-10-13(2)21-14(3)11-19/h6-9,13-14,17-18H,5,10-12H2,1-4H3/t13-,14+,17?. The Bertz CT molecular complexity index is 411. The Hall–Kier alpha value is -1.10. The van der Waals surface area contributed by atoms with Crippen molar-refractivity contribution in [2.45, 2.75) is 39.0 Å². The van der Waals surface area contributed by atoms with Crippen LogP contribution in [0.15, 0.2) is 24.3 Å². The van der Waals surface area contributed by atoms with E-state index in [0.29, 0.717) is 24.9 Å². The fraction of sp³-hybridized carbons (Fsp3) is 0.647. The number of hydrogen-bond donors (Lipinski definition) is 1. The first-order chi connectivity index (χ1) is 10.1. The molecule has 2 rings (SSSR count). The third kappa shape index (κ3) is 4.70. The number of nitrogens with zero attached hydrogens (tertiary/aromatic N) is 1. The van der Waals surface area contributed by atoms with E-state index in [4.69, 9.17) is 9.47 Å². The van der Waals surface area contributed by atoms with Gasteiger partial charge in [-0.3, -0.25) is 4.90 Å². The van der Waals surface area contributed by atoms with Crippen LogP contribution in [-0.2, 0) is 4.74 Å². The number of ether oxygens (including phenoxy) is 2. The summed E-state index contributed by atoms with van der Waals surface area (Å²) in [4.78, 5) is 2.48. The highest BCUT2D eigenvalue weighted by atomic mass is 16.5. The predicted octanol–water partition coefficient (Wildman–Crippen LogP) is 2.46. The molecule has 0 aromatic heterocycles. The Balaban J connectivity index is 1.98. The van der Waals surface area contributed by atoms with Crippen LogP contribution in [0, 0.1) is 0 Å². The van der Waals surface area contributed by atoms with Crippen molar-refractivity contribution in [3.8, 4) is 5.75 Å². The molecule has 4 nitrogen and oxygen atoms in total. The third-order valence-corrected chi connectivity index (χ3v) is 3.88. The topological polar surface area (TPSA) is 33.7 Å². The number of rotatable bonds is 6. The summed E-state index contributed by atoms with van der Waals surface area (Å²) in [6, 6.07) is 8.73. The van der Waals surface area contributed by atoms with Gasteiger partial charge in [0.05, 0.1) is 18.8 Å². The molecule has 1 aromatic rings. The monoisotopic (exact) mass is 292 g/mol. The molecule has 3 atom stereocenters. The van der Waals surface area contributed by atoms with Gasteiger partial charge in [0.2, 0.25) is 0 Å². The van der Waals surface area contributed by atoms with Crippen LogP contribution in [0.4, 0.5) is 0 Å². The van der Waals surface area contributed by atoms with Crippen LogP contribution in [0.2, 0.25) is 0 Å². The summed E-state index contributed by atoms with van der Waals surface area (Å²) in [6.45, 7) is 10.0. The second kappa shape index (κ2) is 7.78. The van der Waals surface area contributed by atoms with E-state index < -0.39 is 0 Å². The van der Waals surface area contributed by atoms with Crippen molar-refractivity contribution in [2.24, 2.45) is 0 Å². The lowest BCUT2D eigenvalue weighted by Crippen LogP contribution is -2.48. The highest BCUT2D eigenvalue weighted by molar-refractivity contribution is 5.29. The van der Waals surface area contributed by atoms with Crippen molar-refractivity contribution in [1.29, 1.82) is 0 Å². The smallest absolute Gasteiger partial charge is 0.119 e. The van der Waals surface area contributed by atoms with Crippen molar-refractivity contribution in [3.05, 3.63) is 29.8 Å². The highest BCUT2D eigenvalue weighted by Crippen LogP contribution is 2.20. The molecule has 1 N–H and O–H groups in total. The number of hydrogen-bond acceptors (Lipinski definition) is 4. The Morgan fingerprint density at radius 1 is 1.24 bits per heavy atom. The van der Waals surface area contributed by atoms with E-state index in [2.05, 4.69) is 36.2 Å². The summed E-state index contributed by atoms with van der Waals surface area (Å²) >= 11 is 0. The Morgan fingerprint density at radius 3 is 2.38 bits per heavy atom. The lowest BCUT2D eigenvalue weighted by Gasteiger charge is -2.37. The van der Waals surface area contributed by atoms with E-state index in [1.54, 1.807) is 0 Å². The molecule has 1 saturated heterocycles. The largest absolute Gasteiger partial charge is 0.494 e. The van der Waals surface area contributed by atoms with Crippen molar-refractivity contribution < 1.29 is 9.47 Å². The van der Waals surface area contributed by atoms with E-state index in [1.165, 1.54) is 5.56 Å². The van der Waals surface area contributed by atoms with E-state index in [9.17, 15) is 0 Å². The maximum atomic E-state index is 5.80. The lowest BCUT2D eigenvalue weighted by atomic mass is 10.1. The minimum Gasteiger partial charge on any atom is -0.494 e. The first-order valence-electron chi connectivity index (χ1n) is 7.90. The first kappa shape index (κ1) is 16.3. The van der Waals surface area contributed by atoms with Crippen LogP contribution in [0.5, 0.6) is 5.75 Å². The molecule has 1 aromatic carbocycles. The van der Waals surface area contributed by atoms with E-state index in [0.717, 1.165) is 25.4 Å². The number of morpholine rings is 1. The summed E-state index contributed by atoms with van der Waals surface area (Å²) in [5.41, 5.74) is 1.30. The van der Waals surface area contributed by atoms with Gasteiger partial charge >= 0.3 is 0 Å². The maximum Gasteiger partial charge on any atom is 0.119 e. The van der Waals surface area contributed by atoms with Gasteiger partial charge in [-0.1, -0.05) is 12.1 Å². The minimum atomic E-state index is 0.312. The van der Waals surface area contributed by atoms with Crippen LogP contribution in [0.25, 0.3) is 0 Å². The molecule has 1 unspecified atom stereocenters. The summed E-state index contributed by atoms with van der Waals surface area (Å²) in [6.07, 6.45) is 0.623. The van der Waals surface area contributed by atoms with Crippen molar-refractivity contribution in [3.63, 3.8) is 0 Å². The maximum absolute atomic E-state index is 5.80. The minimum absolute atomic E-state index is 0.312. The van der Waals surface area contributed by atoms with Crippen molar-refractivity contribution >= 4 is 0 Å². The van der Waals surface area contributed by atoms with Gasteiger partial charge in [-0.15, -0.1) is 0 Å². The molecular formula is C17H28N2O2. The van der Waals surface area contributed by atoms with Gasteiger partial charge in [-0.2, -0.15) is 0 Å². The van der Waals surface area contributed by atoms with Crippen LogP contribution in [0.1, 0.15) is 32.4 Å². The fourth-order valence-corrected chi connectivity index (χ4v) is 3.02. The molecule has 0 aliphatic carbocycles. The molecule has 0 amide bonds. The predicted molar refractivity (Wildman–Crippen MR) is 85.9 cm³/mol. The number of likely N-dealkylation sites (N-methyl/N-ethyl adjacent to an activating group) is 1. The average Bonchev–Trinajstić information content (AvgIpc) is 2.45. The summed E-state index contributed by atoms with van der Waals surface area (Å²) in [5.74, 6) is 0.935. The van der Waals surface area contributed by atoms with E-state index >= 15 is 0 Å². The van der Waals surface area contributed by atoms with Gasteiger partial charge < -0.3 is 14.8 Å². The SMILES string of the molecule is CCOc1ccc(C(CN2C[C@@H](C)O[C@@H](C)C2)NC)cc1. The molecule has 118 valence electrons. The molecule has 21 heavy (non-hydrogen) atoms. The zero-order valence-electron chi connectivity index (χ0n) is 13.6. The van der Waals surface area contributed by atoms with Crippen LogP contribution >= 0.6 is 0 Å². The first-order valence-corrected chi connectivity index (χ1v) is 7.90. The van der Waals surface area contributed by atoms with Gasteiger partial charge in [0.25, 0.3) is 0 Å². The van der Waals surface area contributed by atoms with Crippen LogP contribution < -0.4 is 10.1 Å². The van der Waals surface area contributed by atoms with Gasteiger partial charge in [-0.05, 0) is 45.5 Å². The molecule has 0 bridgehead atoms. The molecule has 1 aliphatic heterocycles. The molecule has 0 spiro atoms. The molecule has 0 saturated carbocycles. The third-order valence-electron chi connectivity index (χ3n) is 3.88. The second-order valence-corrected chi connectivity index (χ2v) is 5.82. The Morgan fingerprint density at radius 2 is 1.86 bits per heavy atom. The van der Waals surface area contributed by atoms with Crippen LogP contribution in [-0.4, -0.2) is 50.4 Å². The Labute approximate surface area is 128 Å². The average molecular weight is 292 g/mol. The van der Waals surface area contributed by atoms with Gasteiger partial charge in [-0.25, -0.2) is 0 Å². The quantitative estimate of drug-likeness (QED) is 0.873. The highest BCUT2D eigenvalue weighted by Gasteiger charge is 2.24. The number of nitrogens with one attached hydrogen (secondary N) is 1. The molecule has 0 radical (unpaired) electrons. The van der Waals surface area contributed by atoms with Crippen molar-refractivity contribution in [2.75, 3.05) is 33.3 Å². The molecular weight excluding hydrogens is 264 g/mol. The van der Waals surface area contributed by atoms with E-state index in [1.807, 2.05) is 26.1 Å². The zero-order chi connectivity index (χ0) is 15.2. The summed E-state index contributed by atoms with van der Waals surface area (Å²) in [7, 11) is 2.02. The molecule has 4 heteroatoms. The molecule has 1 aliphatic rings. The molecule has 1 heterocycles. The van der Waals surface area contributed by atoms with E-state index in [-0.39, 0.29) is 0 Å². The fourth-order valence-electron chi connectivity index (χ4n) is 3.02. The lowest BCUT2D eigenvalue weighted by molar-refractivity contribution is -0.0698.